The highest BCUT2D eigenvalue weighted by Crippen LogP contribution is 2.30. The van der Waals surface area contributed by atoms with Crippen molar-refractivity contribution in [3.05, 3.63) is 35.1 Å². The minimum absolute atomic E-state index is 0.00991. The van der Waals surface area contributed by atoms with Crippen LogP contribution in [0.25, 0.3) is 0 Å². The zero-order valence-corrected chi connectivity index (χ0v) is 7.51. The van der Waals surface area contributed by atoms with E-state index in [9.17, 15) is 4.39 Å². The molecule has 2 nitrogen and oxygen atoms in total. The van der Waals surface area contributed by atoms with Gasteiger partial charge in [0.2, 0.25) is 0 Å². The van der Waals surface area contributed by atoms with E-state index in [1.54, 1.807) is 12.1 Å². The molecule has 1 heterocycles. The zero-order valence-electron chi connectivity index (χ0n) is 7.51. The molecule has 1 aliphatic rings. The number of hydrogen-bond donors (Lipinski definition) is 1. The van der Waals surface area contributed by atoms with Crippen LogP contribution in [0.1, 0.15) is 17.2 Å². The molecule has 0 unspecified atom stereocenters. The van der Waals surface area contributed by atoms with Crippen molar-refractivity contribution in [3.63, 3.8) is 0 Å². The molecule has 2 rings (SSSR count). The first-order valence-corrected chi connectivity index (χ1v) is 4.36. The molecular formula is C10H12FNO. The molecule has 0 aromatic heterocycles. The summed E-state index contributed by atoms with van der Waals surface area (Å²) in [5.74, 6) is -0.189. The topological polar surface area (TPSA) is 21.3 Å². The van der Waals surface area contributed by atoms with E-state index < -0.39 is 0 Å². The number of halogens is 1. The van der Waals surface area contributed by atoms with E-state index in [-0.39, 0.29) is 11.9 Å². The summed E-state index contributed by atoms with van der Waals surface area (Å²) in [4.78, 5) is 0. The monoisotopic (exact) mass is 181 g/mol. The summed E-state index contributed by atoms with van der Waals surface area (Å²) in [6.45, 7) is 1.33. The first-order chi connectivity index (χ1) is 6.31. The molecule has 1 aromatic rings. The molecule has 0 amide bonds. The maximum atomic E-state index is 12.9. The summed E-state index contributed by atoms with van der Waals surface area (Å²) in [6.07, 6.45) is 0.00991. The van der Waals surface area contributed by atoms with Gasteiger partial charge in [0.1, 0.15) is 5.82 Å². The smallest absolute Gasteiger partial charge is 0.123 e. The molecule has 13 heavy (non-hydrogen) atoms. The van der Waals surface area contributed by atoms with E-state index in [0.717, 1.165) is 17.7 Å². The lowest BCUT2D eigenvalue weighted by molar-refractivity contribution is 0.0674. The van der Waals surface area contributed by atoms with Crippen molar-refractivity contribution >= 4 is 0 Å². The van der Waals surface area contributed by atoms with Crippen LogP contribution in [-0.2, 0) is 11.3 Å². The third-order valence-corrected chi connectivity index (χ3v) is 2.28. The SMILES string of the molecule is CNC[C@@H]1OCc2ccc(F)cc21. The second-order valence-corrected chi connectivity index (χ2v) is 3.20. The number of benzene rings is 1. The minimum Gasteiger partial charge on any atom is -0.367 e. The molecule has 70 valence electrons. The Morgan fingerprint density at radius 3 is 3.23 bits per heavy atom. The van der Waals surface area contributed by atoms with Gasteiger partial charge in [-0.1, -0.05) is 6.07 Å². The molecule has 0 fully saturated rings. The molecule has 0 saturated carbocycles. The van der Waals surface area contributed by atoms with Crippen molar-refractivity contribution < 1.29 is 9.13 Å². The van der Waals surface area contributed by atoms with E-state index in [0.29, 0.717) is 6.61 Å². The fraction of sp³-hybridized carbons (Fsp3) is 0.400. The van der Waals surface area contributed by atoms with E-state index >= 15 is 0 Å². The van der Waals surface area contributed by atoms with Crippen LogP contribution < -0.4 is 5.32 Å². The number of rotatable bonds is 2. The Kier molecular flexibility index (Phi) is 2.29. The molecular weight excluding hydrogens is 169 g/mol. The van der Waals surface area contributed by atoms with Gasteiger partial charge in [0.05, 0.1) is 12.7 Å². The molecule has 0 saturated heterocycles. The molecule has 3 heteroatoms. The van der Waals surface area contributed by atoms with Gasteiger partial charge in [-0.3, -0.25) is 0 Å². The lowest BCUT2D eigenvalue weighted by Gasteiger charge is -2.09. The quantitative estimate of drug-likeness (QED) is 0.748. The second-order valence-electron chi connectivity index (χ2n) is 3.20. The van der Waals surface area contributed by atoms with E-state index in [4.69, 9.17) is 4.74 Å². The highest BCUT2D eigenvalue weighted by Gasteiger charge is 2.22. The van der Waals surface area contributed by atoms with Gasteiger partial charge in [0, 0.05) is 6.54 Å². The predicted octanol–water partition coefficient (Wildman–Crippen LogP) is 1.62. The molecule has 0 bridgehead atoms. The van der Waals surface area contributed by atoms with Gasteiger partial charge in [-0.15, -0.1) is 0 Å². The Morgan fingerprint density at radius 1 is 1.62 bits per heavy atom. The first kappa shape index (κ1) is 8.66. The standard InChI is InChI=1S/C10H12FNO/c1-12-5-10-9-4-8(11)3-2-7(9)6-13-10/h2-4,10,12H,5-6H2,1H3/t10-/m0/s1. The first-order valence-electron chi connectivity index (χ1n) is 4.36. The van der Waals surface area contributed by atoms with Crippen molar-refractivity contribution in [2.75, 3.05) is 13.6 Å². The van der Waals surface area contributed by atoms with Gasteiger partial charge in [-0.05, 0) is 30.3 Å². The van der Waals surface area contributed by atoms with E-state index in [1.807, 2.05) is 7.05 Å². The second kappa shape index (κ2) is 3.44. The molecule has 1 aromatic carbocycles. The van der Waals surface area contributed by atoms with Crippen LogP contribution in [0.2, 0.25) is 0 Å². The van der Waals surface area contributed by atoms with Crippen LogP contribution >= 0.6 is 0 Å². The van der Waals surface area contributed by atoms with Gasteiger partial charge in [0.15, 0.2) is 0 Å². The molecule has 1 aliphatic heterocycles. The van der Waals surface area contributed by atoms with Gasteiger partial charge < -0.3 is 10.1 Å². The fourth-order valence-electron chi connectivity index (χ4n) is 1.63. The summed E-state index contributed by atoms with van der Waals surface area (Å²) in [7, 11) is 1.86. The summed E-state index contributed by atoms with van der Waals surface area (Å²) in [6, 6.07) is 4.83. The maximum Gasteiger partial charge on any atom is 0.123 e. The van der Waals surface area contributed by atoms with Crippen molar-refractivity contribution in [1.29, 1.82) is 0 Å². The van der Waals surface area contributed by atoms with Crippen LogP contribution in [0.3, 0.4) is 0 Å². The van der Waals surface area contributed by atoms with Crippen LogP contribution in [-0.4, -0.2) is 13.6 Å². The molecule has 1 N–H and O–H groups in total. The largest absolute Gasteiger partial charge is 0.367 e. The van der Waals surface area contributed by atoms with Crippen molar-refractivity contribution in [2.24, 2.45) is 0 Å². The number of hydrogen-bond acceptors (Lipinski definition) is 2. The van der Waals surface area contributed by atoms with Crippen molar-refractivity contribution in [1.82, 2.24) is 5.32 Å². The normalized spacial score (nSPS) is 20.3. The average Bonchev–Trinajstić information content (AvgIpc) is 2.49. The number of nitrogens with one attached hydrogen (secondary N) is 1. The summed E-state index contributed by atoms with van der Waals surface area (Å²) < 4.78 is 18.4. The lowest BCUT2D eigenvalue weighted by Crippen LogP contribution is -2.16. The molecule has 0 spiro atoms. The highest BCUT2D eigenvalue weighted by molar-refractivity contribution is 5.32. The number of fused-ring (bicyclic) bond motifs is 1. The fourth-order valence-corrected chi connectivity index (χ4v) is 1.63. The minimum atomic E-state index is -0.189. The van der Waals surface area contributed by atoms with Crippen molar-refractivity contribution in [3.8, 4) is 0 Å². The third-order valence-electron chi connectivity index (χ3n) is 2.28. The highest BCUT2D eigenvalue weighted by atomic mass is 19.1. The average molecular weight is 181 g/mol. The number of ether oxygens (including phenoxy) is 1. The van der Waals surface area contributed by atoms with Crippen LogP contribution in [0.15, 0.2) is 18.2 Å². The Balaban J connectivity index is 2.29. The van der Waals surface area contributed by atoms with Crippen molar-refractivity contribution in [2.45, 2.75) is 12.7 Å². The molecule has 1 atom stereocenters. The Morgan fingerprint density at radius 2 is 2.46 bits per heavy atom. The Labute approximate surface area is 76.7 Å². The van der Waals surface area contributed by atoms with Crippen LogP contribution in [0.4, 0.5) is 4.39 Å². The summed E-state index contributed by atoms with van der Waals surface area (Å²) in [5.41, 5.74) is 2.08. The van der Waals surface area contributed by atoms with Crippen LogP contribution in [0, 0.1) is 5.82 Å². The van der Waals surface area contributed by atoms with Gasteiger partial charge >= 0.3 is 0 Å². The molecule has 0 radical (unpaired) electrons. The summed E-state index contributed by atoms with van der Waals surface area (Å²) in [5, 5.41) is 3.02. The zero-order chi connectivity index (χ0) is 9.26. The predicted molar refractivity (Wildman–Crippen MR) is 47.9 cm³/mol. The van der Waals surface area contributed by atoms with Gasteiger partial charge in [0.25, 0.3) is 0 Å². The Bertz CT molecular complexity index is 312. The maximum absolute atomic E-state index is 12.9. The Hall–Kier alpha value is -0.930. The number of likely N-dealkylation sites (N-methyl/N-ethyl adjacent to an activating group) is 1. The third kappa shape index (κ3) is 1.57. The van der Waals surface area contributed by atoms with Gasteiger partial charge in [-0.2, -0.15) is 0 Å². The van der Waals surface area contributed by atoms with Gasteiger partial charge in [-0.25, -0.2) is 4.39 Å². The van der Waals surface area contributed by atoms with Crippen LogP contribution in [0.5, 0.6) is 0 Å². The molecule has 0 aliphatic carbocycles. The lowest BCUT2D eigenvalue weighted by atomic mass is 10.1. The van der Waals surface area contributed by atoms with E-state index in [1.165, 1.54) is 6.07 Å². The van der Waals surface area contributed by atoms with E-state index in [2.05, 4.69) is 5.32 Å². The summed E-state index contributed by atoms with van der Waals surface area (Å²) >= 11 is 0.